The Morgan fingerprint density at radius 1 is 0.955 bits per heavy atom. The second-order valence-electron chi connectivity index (χ2n) is 5.26. The molecule has 3 rings (SSSR count). The Morgan fingerprint density at radius 2 is 1.55 bits per heavy atom. The summed E-state index contributed by atoms with van der Waals surface area (Å²) >= 11 is 18.0. The SMILES string of the molecule is O=C(Nc1c(Cl)cccc1Cl)NC1(c2ccc(Cl)cc2)CC1. The number of amides is 2. The molecule has 0 atom stereocenters. The van der Waals surface area contributed by atoms with Gasteiger partial charge in [0.1, 0.15) is 0 Å². The highest BCUT2D eigenvalue weighted by Crippen LogP contribution is 2.45. The van der Waals surface area contributed by atoms with Crippen LogP contribution in [0.25, 0.3) is 0 Å². The van der Waals surface area contributed by atoms with Crippen molar-refractivity contribution in [3.05, 3.63) is 63.1 Å². The van der Waals surface area contributed by atoms with Crippen molar-refractivity contribution in [2.75, 3.05) is 5.32 Å². The first kappa shape index (κ1) is 15.5. The molecule has 0 saturated heterocycles. The molecule has 1 fully saturated rings. The fourth-order valence-electron chi connectivity index (χ4n) is 2.36. The lowest BCUT2D eigenvalue weighted by molar-refractivity contribution is 0.247. The normalized spacial score (nSPS) is 15.2. The van der Waals surface area contributed by atoms with Gasteiger partial charge in [-0.1, -0.05) is 53.0 Å². The number of carbonyl (C=O) groups is 1. The topological polar surface area (TPSA) is 41.1 Å². The van der Waals surface area contributed by atoms with Crippen LogP contribution in [-0.2, 0) is 5.54 Å². The lowest BCUT2D eigenvalue weighted by atomic mass is 10.1. The van der Waals surface area contributed by atoms with Crippen LogP contribution in [0.5, 0.6) is 0 Å². The lowest BCUT2D eigenvalue weighted by Gasteiger charge is -2.19. The average Bonchev–Trinajstić information content (AvgIpc) is 3.24. The van der Waals surface area contributed by atoms with Gasteiger partial charge >= 0.3 is 6.03 Å². The third kappa shape index (κ3) is 3.17. The van der Waals surface area contributed by atoms with Crippen molar-refractivity contribution in [2.24, 2.45) is 0 Å². The number of nitrogens with one attached hydrogen (secondary N) is 2. The van der Waals surface area contributed by atoms with Crippen molar-refractivity contribution in [1.29, 1.82) is 0 Å². The summed E-state index contributed by atoms with van der Waals surface area (Å²) in [6.07, 6.45) is 1.77. The van der Waals surface area contributed by atoms with Gasteiger partial charge in [0.15, 0.2) is 0 Å². The highest BCUT2D eigenvalue weighted by molar-refractivity contribution is 6.39. The summed E-state index contributed by atoms with van der Waals surface area (Å²) in [7, 11) is 0. The highest BCUT2D eigenvalue weighted by Gasteiger charge is 2.45. The van der Waals surface area contributed by atoms with E-state index in [2.05, 4.69) is 10.6 Å². The number of rotatable bonds is 3. The van der Waals surface area contributed by atoms with Crippen LogP contribution in [0.1, 0.15) is 18.4 Å². The predicted octanol–water partition coefficient (Wildman–Crippen LogP) is 5.46. The van der Waals surface area contributed by atoms with Crippen LogP contribution in [0.4, 0.5) is 10.5 Å². The fourth-order valence-corrected chi connectivity index (χ4v) is 2.98. The molecule has 22 heavy (non-hydrogen) atoms. The number of hydrogen-bond acceptors (Lipinski definition) is 1. The monoisotopic (exact) mass is 354 g/mol. The van der Waals surface area contributed by atoms with Crippen molar-refractivity contribution in [3.63, 3.8) is 0 Å². The highest BCUT2D eigenvalue weighted by atomic mass is 35.5. The largest absolute Gasteiger partial charge is 0.328 e. The Bertz CT molecular complexity index is 692. The zero-order valence-electron chi connectivity index (χ0n) is 11.5. The van der Waals surface area contributed by atoms with Crippen LogP contribution in [-0.4, -0.2) is 6.03 Å². The molecule has 0 aliphatic heterocycles. The van der Waals surface area contributed by atoms with E-state index in [0.717, 1.165) is 18.4 Å². The Labute approximate surface area is 143 Å². The van der Waals surface area contributed by atoms with E-state index in [4.69, 9.17) is 34.8 Å². The summed E-state index contributed by atoms with van der Waals surface area (Å²) in [6.45, 7) is 0. The number of hydrogen-bond donors (Lipinski definition) is 2. The maximum absolute atomic E-state index is 12.2. The quantitative estimate of drug-likeness (QED) is 0.754. The van der Waals surface area contributed by atoms with Crippen molar-refractivity contribution in [2.45, 2.75) is 18.4 Å². The molecular formula is C16H13Cl3N2O. The first-order chi connectivity index (χ1) is 10.5. The van der Waals surface area contributed by atoms with Gasteiger partial charge in [-0.25, -0.2) is 4.79 Å². The second kappa shape index (κ2) is 5.99. The zero-order chi connectivity index (χ0) is 15.7. The molecule has 1 saturated carbocycles. The van der Waals surface area contributed by atoms with Crippen LogP contribution < -0.4 is 10.6 Å². The number of carbonyl (C=O) groups excluding carboxylic acids is 1. The fraction of sp³-hybridized carbons (Fsp3) is 0.188. The third-order valence-corrected chi connectivity index (χ3v) is 4.58. The molecule has 2 aromatic carbocycles. The molecule has 1 aliphatic rings. The number of para-hydroxylation sites is 1. The lowest BCUT2D eigenvalue weighted by Crippen LogP contribution is -2.38. The molecule has 6 heteroatoms. The first-order valence-corrected chi connectivity index (χ1v) is 7.93. The van der Waals surface area contributed by atoms with Crippen LogP contribution in [0.3, 0.4) is 0 Å². The van der Waals surface area contributed by atoms with Gasteiger partial charge in [0, 0.05) is 5.02 Å². The number of halogens is 3. The zero-order valence-corrected chi connectivity index (χ0v) is 13.8. The van der Waals surface area contributed by atoms with Gasteiger partial charge in [-0.3, -0.25) is 0 Å². The second-order valence-corrected chi connectivity index (χ2v) is 6.52. The maximum atomic E-state index is 12.2. The van der Waals surface area contributed by atoms with E-state index >= 15 is 0 Å². The van der Waals surface area contributed by atoms with E-state index in [1.807, 2.05) is 24.3 Å². The van der Waals surface area contributed by atoms with Crippen LogP contribution >= 0.6 is 34.8 Å². The third-order valence-electron chi connectivity index (χ3n) is 3.70. The Balaban J connectivity index is 1.73. The first-order valence-electron chi connectivity index (χ1n) is 6.79. The molecule has 3 nitrogen and oxygen atoms in total. The number of benzene rings is 2. The predicted molar refractivity (Wildman–Crippen MR) is 91.0 cm³/mol. The summed E-state index contributed by atoms with van der Waals surface area (Å²) in [5.74, 6) is 0. The van der Waals surface area contributed by atoms with Crippen LogP contribution in [0.15, 0.2) is 42.5 Å². The molecule has 1 aliphatic carbocycles. The smallest absolute Gasteiger partial charge is 0.320 e. The molecule has 2 aromatic rings. The minimum atomic E-state index is -0.331. The standard InChI is InChI=1S/C16H13Cl3N2O/c17-11-6-4-10(5-7-11)16(8-9-16)21-15(22)20-14-12(18)2-1-3-13(14)19/h1-7H,8-9H2,(H2,20,21,22). The van der Waals surface area contributed by atoms with Gasteiger partial charge in [0.25, 0.3) is 0 Å². The van der Waals surface area contributed by atoms with Gasteiger partial charge in [-0.05, 0) is 42.7 Å². The molecular weight excluding hydrogens is 343 g/mol. The van der Waals surface area contributed by atoms with Crippen LogP contribution in [0, 0.1) is 0 Å². The van der Waals surface area contributed by atoms with Crippen molar-refractivity contribution in [1.82, 2.24) is 5.32 Å². The molecule has 114 valence electrons. The molecule has 0 radical (unpaired) electrons. The molecule has 0 unspecified atom stereocenters. The molecule has 2 N–H and O–H groups in total. The van der Waals surface area contributed by atoms with E-state index in [-0.39, 0.29) is 11.6 Å². The number of urea groups is 1. The summed E-state index contributed by atoms with van der Waals surface area (Å²) in [4.78, 5) is 12.2. The Kier molecular flexibility index (Phi) is 4.22. The van der Waals surface area contributed by atoms with Crippen molar-refractivity contribution in [3.8, 4) is 0 Å². The van der Waals surface area contributed by atoms with E-state index in [1.165, 1.54) is 0 Å². The van der Waals surface area contributed by atoms with Gasteiger partial charge in [0.05, 0.1) is 21.3 Å². The van der Waals surface area contributed by atoms with Gasteiger partial charge < -0.3 is 10.6 Å². The van der Waals surface area contributed by atoms with E-state index < -0.39 is 0 Å². The molecule has 0 bridgehead atoms. The molecule has 0 spiro atoms. The summed E-state index contributed by atoms with van der Waals surface area (Å²) < 4.78 is 0. The summed E-state index contributed by atoms with van der Waals surface area (Å²) in [6, 6.07) is 12.2. The van der Waals surface area contributed by atoms with Gasteiger partial charge in [-0.2, -0.15) is 0 Å². The number of anilines is 1. The van der Waals surface area contributed by atoms with Gasteiger partial charge in [0.2, 0.25) is 0 Å². The Morgan fingerprint density at radius 3 is 2.09 bits per heavy atom. The molecule has 0 heterocycles. The Hall–Kier alpha value is -1.42. The van der Waals surface area contributed by atoms with Crippen molar-refractivity contribution >= 4 is 46.5 Å². The van der Waals surface area contributed by atoms with Crippen molar-refractivity contribution < 1.29 is 4.79 Å². The van der Waals surface area contributed by atoms with E-state index in [9.17, 15) is 4.79 Å². The van der Waals surface area contributed by atoms with E-state index in [1.54, 1.807) is 18.2 Å². The maximum Gasteiger partial charge on any atom is 0.320 e. The minimum absolute atomic E-state index is 0.331. The average molecular weight is 356 g/mol. The molecule has 2 amide bonds. The molecule has 0 aromatic heterocycles. The summed E-state index contributed by atoms with van der Waals surface area (Å²) in [5, 5.41) is 7.19. The summed E-state index contributed by atoms with van der Waals surface area (Å²) in [5.41, 5.74) is 1.12. The minimum Gasteiger partial charge on any atom is -0.328 e. The van der Waals surface area contributed by atoms with E-state index in [0.29, 0.717) is 20.8 Å². The van der Waals surface area contributed by atoms with Gasteiger partial charge in [-0.15, -0.1) is 0 Å². The van der Waals surface area contributed by atoms with Crippen LogP contribution in [0.2, 0.25) is 15.1 Å².